The molecule has 0 saturated carbocycles. The van der Waals surface area contributed by atoms with Crippen molar-refractivity contribution in [1.29, 1.82) is 0 Å². The van der Waals surface area contributed by atoms with Gasteiger partial charge in [-0.2, -0.15) is 0 Å². The molecule has 2 aliphatic rings. The first-order valence-corrected chi connectivity index (χ1v) is 9.00. The Bertz CT molecular complexity index is 530. The van der Waals surface area contributed by atoms with E-state index < -0.39 is 0 Å². The molecule has 0 fully saturated rings. The zero-order valence-corrected chi connectivity index (χ0v) is 13.0. The van der Waals surface area contributed by atoms with Gasteiger partial charge in [0.2, 0.25) is 5.91 Å². The maximum absolute atomic E-state index is 12.4. The van der Waals surface area contributed by atoms with E-state index in [4.69, 9.17) is 0 Å². The lowest BCUT2D eigenvalue weighted by molar-refractivity contribution is -0.118. The Kier molecular flexibility index (Phi) is 4.68. The molecule has 2 aliphatic heterocycles. The highest BCUT2D eigenvalue weighted by Gasteiger charge is 2.21. The van der Waals surface area contributed by atoms with Gasteiger partial charge in [-0.15, -0.1) is 0 Å². The van der Waals surface area contributed by atoms with Crippen LogP contribution in [0.4, 0.5) is 5.69 Å². The number of para-hydroxylation sites is 1. The van der Waals surface area contributed by atoms with Crippen molar-refractivity contribution < 1.29 is 4.79 Å². The van der Waals surface area contributed by atoms with Crippen LogP contribution in [0.2, 0.25) is 0 Å². The molecule has 5 heteroatoms. The first-order chi connectivity index (χ1) is 9.84. The van der Waals surface area contributed by atoms with Crippen molar-refractivity contribution in [3.05, 3.63) is 29.8 Å². The fourth-order valence-corrected chi connectivity index (χ4v) is 4.56. The Morgan fingerprint density at radius 1 is 1.40 bits per heavy atom. The number of hydrogen-bond donors (Lipinski definition) is 0. The van der Waals surface area contributed by atoms with Crippen molar-refractivity contribution in [3.63, 3.8) is 0 Å². The molecular formula is C15H18N2OS2. The summed E-state index contributed by atoms with van der Waals surface area (Å²) < 4.78 is 1.15. The zero-order chi connectivity index (χ0) is 13.8. The van der Waals surface area contributed by atoms with Crippen molar-refractivity contribution in [1.82, 2.24) is 0 Å². The average molecular weight is 306 g/mol. The molecule has 0 unspecified atom stereocenters. The van der Waals surface area contributed by atoms with Crippen LogP contribution in [-0.2, 0) is 11.2 Å². The molecule has 1 amide bonds. The van der Waals surface area contributed by atoms with Gasteiger partial charge in [-0.1, -0.05) is 41.7 Å². The number of carbonyl (C=O) groups is 1. The number of aliphatic imine (C=N–C) groups is 1. The van der Waals surface area contributed by atoms with Gasteiger partial charge in [-0.05, 0) is 24.5 Å². The minimum atomic E-state index is 0.244. The Balaban J connectivity index is 1.57. The molecule has 0 aliphatic carbocycles. The van der Waals surface area contributed by atoms with Crippen LogP contribution in [0.5, 0.6) is 0 Å². The standard InChI is InChI=1S/C15H18N2OS2/c18-14(7-10-19-15-16-8-11-20-15)17-9-3-5-12-4-1-2-6-13(12)17/h1-2,4,6H,3,5,7-11H2. The van der Waals surface area contributed by atoms with E-state index in [1.807, 2.05) is 11.0 Å². The van der Waals surface area contributed by atoms with Crippen molar-refractivity contribution in [2.45, 2.75) is 19.3 Å². The van der Waals surface area contributed by atoms with Crippen molar-refractivity contribution >= 4 is 39.5 Å². The monoisotopic (exact) mass is 306 g/mol. The van der Waals surface area contributed by atoms with Gasteiger partial charge in [0.1, 0.15) is 4.38 Å². The number of aryl methyl sites for hydroxylation is 1. The van der Waals surface area contributed by atoms with Gasteiger partial charge in [0.15, 0.2) is 0 Å². The molecule has 1 aromatic carbocycles. The molecule has 0 atom stereocenters. The summed E-state index contributed by atoms with van der Waals surface area (Å²) in [6.45, 7) is 1.79. The van der Waals surface area contributed by atoms with Crippen LogP contribution in [0.1, 0.15) is 18.4 Å². The largest absolute Gasteiger partial charge is 0.312 e. The normalized spacial score (nSPS) is 17.8. The first-order valence-electron chi connectivity index (χ1n) is 7.03. The van der Waals surface area contributed by atoms with Crippen LogP contribution >= 0.6 is 23.5 Å². The second-order valence-electron chi connectivity index (χ2n) is 4.87. The highest BCUT2D eigenvalue weighted by molar-refractivity contribution is 8.39. The van der Waals surface area contributed by atoms with E-state index in [1.165, 1.54) is 5.56 Å². The number of nitrogens with zero attached hydrogens (tertiary/aromatic N) is 2. The van der Waals surface area contributed by atoms with E-state index in [9.17, 15) is 4.79 Å². The molecule has 0 bridgehead atoms. The lowest BCUT2D eigenvalue weighted by atomic mass is 10.0. The van der Waals surface area contributed by atoms with Crippen LogP contribution < -0.4 is 4.90 Å². The minimum absolute atomic E-state index is 0.244. The van der Waals surface area contributed by atoms with Gasteiger partial charge < -0.3 is 4.90 Å². The molecule has 0 spiro atoms. The molecule has 2 heterocycles. The number of amides is 1. The van der Waals surface area contributed by atoms with E-state index in [1.54, 1.807) is 23.5 Å². The molecular weight excluding hydrogens is 288 g/mol. The second kappa shape index (κ2) is 6.68. The maximum Gasteiger partial charge on any atom is 0.227 e. The number of rotatable bonds is 3. The van der Waals surface area contributed by atoms with Crippen LogP contribution in [0.3, 0.4) is 0 Å². The summed E-state index contributed by atoms with van der Waals surface area (Å²) in [5, 5.41) is 0. The Morgan fingerprint density at radius 3 is 3.15 bits per heavy atom. The molecule has 20 heavy (non-hydrogen) atoms. The quantitative estimate of drug-likeness (QED) is 0.860. The molecule has 1 aromatic rings. The van der Waals surface area contributed by atoms with Gasteiger partial charge >= 0.3 is 0 Å². The van der Waals surface area contributed by atoms with Crippen LogP contribution in [0.15, 0.2) is 29.3 Å². The molecule has 3 rings (SSSR count). The van der Waals surface area contributed by atoms with E-state index in [-0.39, 0.29) is 5.91 Å². The minimum Gasteiger partial charge on any atom is -0.312 e. The van der Waals surface area contributed by atoms with Gasteiger partial charge in [-0.3, -0.25) is 9.79 Å². The van der Waals surface area contributed by atoms with Gasteiger partial charge in [0.25, 0.3) is 0 Å². The summed E-state index contributed by atoms with van der Waals surface area (Å²) in [6, 6.07) is 8.27. The third-order valence-electron chi connectivity index (χ3n) is 3.51. The van der Waals surface area contributed by atoms with Gasteiger partial charge in [0.05, 0.1) is 6.54 Å². The SMILES string of the molecule is O=C(CCSC1=NCCS1)N1CCCc2ccccc21. The van der Waals surface area contributed by atoms with Crippen molar-refractivity contribution in [2.75, 3.05) is 29.5 Å². The Hall–Kier alpha value is -0.940. The highest BCUT2D eigenvalue weighted by Crippen LogP contribution is 2.28. The number of anilines is 1. The molecule has 0 radical (unpaired) electrons. The van der Waals surface area contributed by atoms with E-state index in [0.29, 0.717) is 6.42 Å². The summed E-state index contributed by atoms with van der Waals surface area (Å²) in [6.07, 6.45) is 2.75. The topological polar surface area (TPSA) is 32.7 Å². The molecule has 3 nitrogen and oxygen atoms in total. The van der Waals surface area contributed by atoms with E-state index in [2.05, 4.69) is 23.2 Å². The van der Waals surface area contributed by atoms with Crippen LogP contribution in [0.25, 0.3) is 0 Å². The second-order valence-corrected chi connectivity index (χ2v) is 7.30. The fourth-order valence-electron chi connectivity index (χ4n) is 2.56. The highest BCUT2D eigenvalue weighted by atomic mass is 32.2. The molecule has 106 valence electrons. The molecule has 0 aromatic heterocycles. The summed E-state index contributed by atoms with van der Waals surface area (Å²) in [5.74, 6) is 2.17. The lowest BCUT2D eigenvalue weighted by Gasteiger charge is -2.29. The Labute approximate surface area is 128 Å². The number of thioether (sulfide) groups is 2. The van der Waals surface area contributed by atoms with Gasteiger partial charge in [-0.25, -0.2) is 0 Å². The summed E-state index contributed by atoms with van der Waals surface area (Å²) in [4.78, 5) is 18.8. The average Bonchev–Trinajstić information content (AvgIpc) is 3.00. The van der Waals surface area contributed by atoms with Crippen molar-refractivity contribution in [3.8, 4) is 0 Å². The van der Waals surface area contributed by atoms with Crippen molar-refractivity contribution in [2.24, 2.45) is 4.99 Å². The van der Waals surface area contributed by atoms with Crippen LogP contribution in [0, 0.1) is 0 Å². The maximum atomic E-state index is 12.4. The number of hydrogen-bond acceptors (Lipinski definition) is 4. The number of benzene rings is 1. The summed E-state index contributed by atoms with van der Waals surface area (Å²) in [7, 11) is 0. The molecule has 0 N–H and O–H groups in total. The molecule has 0 saturated heterocycles. The summed E-state index contributed by atoms with van der Waals surface area (Å²) in [5.41, 5.74) is 2.41. The van der Waals surface area contributed by atoms with E-state index in [0.717, 1.165) is 47.5 Å². The van der Waals surface area contributed by atoms with Crippen LogP contribution in [-0.4, -0.2) is 34.9 Å². The van der Waals surface area contributed by atoms with Gasteiger partial charge in [0, 0.05) is 30.2 Å². The first kappa shape index (κ1) is 14.0. The predicted octanol–water partition coefficient (Wildman–Crippen LogP) is 3.19. The number of carbonyl (C=O) groups excluding carboxylic acids is 1. The zero-order valence-electron chi connectivity index (χ0n) is 11.4. The lowest BCUT2D eigenvalue weighted by Crippen LogP contribution is -2.35. The number of fused-ring (bicyclic) bond motifs is 1. The fraction of sp³-hybridized carbons (Fsp3) is 0.467. The van der Waals surface area contributed by atoms with E-state index >= 15 is 0 Å². The summed E-state index contributed by atoms with van der Waals surface area (Å²) >= 11 is 3.53. The smallest absolute Gasteiger partial charge is 0.227 e. The Morgan fingerprint density at radius 2 is 2.30 bits per heavy atom. The predicted molar refractivity (Wildman–Crippen MR) is 89.0 cm³/mol. The third-order valence-corrected chi connectivity index (χ3v) is 5.76. The third kappa shape index (κ3) is 3.20.